The van der Waals surface area contributed by atoms with Gasteiger partial charge in [-0.2, -0.15) is 0 Å². The molecule has 1 aliphatic carbocycles. The molecule has 1 heterocycles. The Morgan fingerprint density at radius 2 is 1.84 bits per heavy atom. The number of hydrogen-bond acceptors (Lipinski definition) is 3. The standard InChI is InChI=1S/C14H23NO4/c1-10(11-4-8-19-9-5-11)12(16)15-14(13(17)18)6-2-3-7-14/h10-11H,2-9H2,1H3,(H,15,16)(H,17,18). The normalized spacial score (nSPS) is 24.9. The first kappa shape index (κ1) is 14.3. The topological polar surface area (TPSA) is 75.6 Å². The van der Waals surface area contributed by atoms with Crippen molar-refractivity contribution in [3.05, 3.63) is 0 Å². The molecule has 2 rings (SSSR count). The monoisotopic (exact) mass is 269 g/mol. The lowest BCUT2D eigenvalue weighted by atomic mass is 9.85. The van der Waals surface area contributed by atoms with Crippen molar-refractivity contribution in [3.8, 4) is 0 Å². The Kier molecular flexibility index (Phi) is 4.45. The molecule has 5 heteroatoms. The van der Waals surface area contributed by atoms with Crippen LogP contribution in [-0.4, -0.2) is 35.7 Å². The fourth-order valence-electron chi connectivity index (χ4n) is 3.15. The van der Waals surface area contributed by atoms with Crippen molar-refractivity contribution in [1.29, 1.82) is 0 Å². The molecule has 0 aromatic heterocycles. The van der Waals surface area contributed by atoms with E-state index in [4.69, 9.17) is 4.74 Å². The van der Waals surface area contributed by atoms with Crippen LogP contribution in [0.15, 0.2) is 0 Å². The lowest BCUT2D eigenvalue weighted by molar-refractivity contribution is -0.148. The number of aliphatic carboxylic acids is 1. The van der Waals surface area contributed by atoms with Crippen LogP contribution in [0.25, 0.3) is 0 Å². The molecule has 5 nitrogen and oxygen atoms in total. The van der Waals surface area contributed by atoms with Crippen molar-refractivity contribution in [3.63, 3.8) is 0 Å². The highest BCUT2D eigenvalue weighted by atomic mass is 16.5. The molecule has 1 amide bonds. The maximum Gasteiger partial charge on any atom is 0.329 e. The molecular weight excluding hydrogens is 246 g/mol. The van der Waals surface area contributed by atoms with Crippen LogP contribution in [0.2, 0.25) is 0 Å². The summed E-state index contributed by atoms with van der Waals surface area (Å²) in [6, 6.07) is 0. The summed E-state index contributed by atoms with van der Waals surface area (Å²) in [5, 5.41) is 12.2. The minimum Gasteiger partial charge on any atom is -0.480 e. The van der Waals surface area contributed by atoms with E-state index in [1.165, 1.54) is 0 Å². The van der Waals surface area contributed by atoms with E-state index in [9.17, 15) is 14.7 Å². The van der Waals surface area contributed by atoms with E-state index >= 15 is 0 Å². The van der Waals surface area contributed by atoms with E-state index < -0.39 is 11.5 Å². The largest absolute Gasteiger partial charge is 0.480 e. The molecule has 2 fully saturated rings. The van der Waals surface area contributed by atoms with Crippen molar-refractivity contribution in [2.75, 3.05) is 13.2 Å². The van der Waals surface area contributed by atoms with Gasteiger partial charge in [0, 0.05) is 19.1 Å². The van der Waals surface area contributed by atoms with Gasteiger partial charge < -0.3 is 15.2 Å². The predicted octanol–water partition coefficient (Wildman–Crippen LogP) is 1.56. The molecule has 1 unspecified atom stereocenters. The summed E-state index contributed by atoms with van der Waals surface area (Å²) in [5.41, 5.74) is -1.02. The molecule has 2 aliphatic rings. The summed E-state index contributed by atoms with van der Waals surface area (Å²) in [6.07, 6.45) is 4.61. The molecule has 0 bridgehead atoms. The number of carboxylic acids is 1. The smallest absolute Gasteiger partial charge is 0.329 e. The van der Waals surface area contributed by atoms with Gasteiger partial charge in [-0.05, 0) is 31.6 Å². The predicted molar refractivity (Wildman–Crippen MR) is 69.7 cm³/mol. The molecule has 19 heavy (non-hydrogen) atoms. The fourth-order valence-corrected chi connectivity index (χ4v) is 3.15. The van der Waals surface area contributed by atoms with Crippen LogP contribution >= 0.6 is 0 Å². The molecule has 1 aliphatic heterocycles. The molecule has 2 N–H and O–H groups in total. The van der Waals surface area contributed by atoms with Crippen LogP contribution in [0, 0.1) is 11.8 Å². The highest BCUT2D eigenvalue weighted by molar-refractivity contribution is 5.88. The fraction of sp³-hybridized carbons (Fsp3) is 0.857. The van der Waals surface area contributed by atoms with Crippen LogP contribution in [0.5, 0.6) is 0 Å². The second kappa shape index (κ2) is 5.90. The molecule has 1 saturated carbocycles. The number of carbonyl (C=O) groups is 2. The SMILES string of the molecule is CC(C(=O)NC1(C(=O)O)CCCC1)C1CCOCC1. The Balaban J connectivity index is 1.97. The number of carboxylic acid groups (broad SMARTS) is 1. The number of amides is 1. The highest BCUT2D eigenvalue weighted by Crippen LogP contribution is 2.31. The van der Waals surface area contributed by atoms with Crippen molar-refractivity contribution >= 4 is 11.9 Å². The van der Waals surface area contributed by atoms with Crippen LogP contribution < -0.4 is 5.32 Å². The highest BCUT2D eigenvalue weighted by Gasteiger charge is 2.43. The first-order valence-electron chi connectivity index (χ1n) is 7.18. The molecule has 0 aromatic carbocycles. The average Bonchev–Trinajstić information content (AvgIpc) is 2.88. The Hall–Kier alpha value is -1.10. The summed E-state index contributed by atoms with van der Waals surface area (Å²) in [6.45, 7) is 3.30. The zero-order valence-corrected chi connectivity index (χ0v) is 11.5. The zero-order valence-electron chi connectivity index (χ0n) is 11.5. The van der Waals surface area contributed by atoms with E-state index in [1.807, 2.05) is 6.92 Å². The summed E-state index contributed by atoms with van der Waals surface area (Å²) >= 11 is 0. The van der Waals surface area contributed by atoms with Gasteiger partial charge in [-0.3, -0.25) is 4.79 Å². The van der Waals surface area contributed by atoms with Gasteiger partial charge in [0.15, 0.2) is 0 Å². The van der Waals surface area contributed by atoms with Gasteiger partial charge in [0.05, 0.1) is 0 Å². The van der Waals surface area contributed by atoms with Crippen LogP contribution in [0.4, 0.5) is 0 Å². The van der Waals surface area contributed by atoms with Gasteiger partial charge in [0.1, 0.15) is 5.54 Å². The first-order chi connectivity index (χ1) is 9.05. The number of hydrogen-bond donors (Lipinski definition) is 2. The molecule has 1 atom stereocenters. The molecule has 1 saturated heterocycles. The van der Waals surface area contributed by atoms with Crippen molar-refractivity contribution in [2.45, 2.75) is 51.0 Å². The van der Waals surface area contributed by atoms with Gasteiger partial charge in [-0.1, -0.05) is 19.8 Å². The maximum absolute atomic E-state index is 12.3. The van der Waals surface area contributed by atoms with Crippen LogP contribution in [0.1, 0.15) is 45.4 Å². The van der Waals surface area contributed by atoms with Gasteiger partial charge in [-0.25, -0.2) is 4.79 Å². The van der Waals surface area contributed by atoms with Gasteiger partial charge in [-0.15, -0.1) is 0 Å². The number of rotatable bonds is 4. The number of nitrogens with one attached hydrogen (secondary N) is 1. The quantitative estimate of drug-likeness (QED) is 0.812. The van der Waals surface area contributed by atoms with Gasteiger partial charge >= 0.3 is 5.97 Å². The van der Waals surface area contributed by atoms with Crippen molar-refractivity contribution in [2.24, 2.45) is 11.8 Å². The third-order valence-electron chi connectivity index (χ3n) is 4.62. The van der Waals surface area contributed by atoms with E-state index in [-0.39, 0.29) is 11.8 Å². The second-order valence-electron chi connectivity index (χ2n) is 5.82. The van der Waals surface area contributed by atoms with Gasteiger partial charge in [0.25, 0.3) is 0 Å². The Labute approximate surface area is 113 Å². The van der Waals surface area contributed by atoms with Crippen molar-refractivity contribution < 1.29 is 19.4 Å². The average molecular weight is 269 g/mol. The first-order valence-corrected chi connectivity index (χ1v) is 7.18. The molecule has 0 radical (unpaired) electrons. The molecule has 108 valence electrons. The summed E-state index contributed by atoms with van der Waals surface area (Å²) in [7, 11) is 0. The van der Waals surface area contributed by atoms with E-state index in [1.54, 1.807) is 0 Å². The van der Waals surface area contributed by atoms with E-state index in [0.717, 1.165) is 25.7 Å². The van der Waals surface area contributed by atoms with Crippen LogP contribution in [-0.2, 0) is 14.3 Å². The third-order valence-corrected chi connectivity index (χ3v) is 4.62. The van der Waals surface area contributed by atoms with E-state index in [0.29, 0.717) is 32.0 Å². The third kappa shape index (κ3) is 3.08. The van der Waals surface area contributed by atoms with E-state index in [2.05, 4.69) is 5.32 Å². The zero-order chi connectivity index (χ0) is 13.9. The Bertz CT molecular complexity index is 343. The van der Waals surface area contributed by atoms with Crippen LogP contribution in [0.3, 0.4) is 0 Å². The lowest BCUT2D eigenvalue weighted by Gasteiger charge is -2.31. The molecule has 0 spiro atoms. The summed E-state index contributed by atoms with van der Waals surface area (Å²) in [5.74, 6) is -0.838. The molecular formula is C14H23NO4. The Morgan fingerprint density at radius 3 is 2.37 bits per heavy atom. The minimum atomic E-state index is -1.02. The number of ether oxygens (including phenoxy) is 1. The summed E-state index contributed by atoms with van der Waals surface area (Å²) < 4.78 is 5.30. The Morgan fingerprint density at radius 1 is 1.26 bits per heavy atom. The summed E-state index contributed by atoms with van der Waals surface area (Å²) in [4.78, 5) is 23.7. The maximum atomic E-state index is 12.3. The number of carbonyl (C=O) groups excluding carboxylic acids is 1. The second-order valence-corrected chi connectivity index (χ2v) is 5.82. The molecule has 0 aromatic rings. The van der Waals surface area contributed by atoms with Crippen molar-refractivity contribution in [1.82, 2.24) is 5.32 Å². The minimum absolute atomic E-state index is 0.115. The lowest BCUT2D eigenvalue weighted by Crippen LogP contribution is -2.54. The van der Waals surface area contributed by atoms with Gasteiger partial charge in [0.2, 0.25) is 5.91 Å².